The molecule has 3 rings (SSSR count). The van der Waals surface area contributed by atoms with Crippen LogP contribution in [0.15, 0.2) is 24.3 Å². The molecule has 1 heterocycles. The monoisotopic (exact) mass is 345 g/mol. The summed E-state index contributed by atoms with van der Waals surface area (Å²) in [7, 11) is 0. The zero-order chi connectivity index (χ0) is 17.7. The minimum absolute atomic E-state index is 0.0176. The molecule has 2 amide bonds. The summed E-state index contributed by atoms with van der Waals surface area (Å²) in [4.78, 5) is 14.6. The predicted molar refractivity (Wildman–Crippen MR) is 99.2 cm³/mol. The summed E-state index contributed by atoms with van der Waals surface area (Å²) >= 11 is 0. The van der Waals surface area contributed by atoms with Crippen LogP contribution in [0.4, 0.5) is 4.79 Å². The molecule has 2 aliphatic rings. The van der Waals surface area contributed by atoms with E-state index in [1.54, 1.807) is 0 Å². The van der Waals surface area contributed by atoms with E-state index in [4.69, 9.17) is 0 Å². The number of hydrogen-bond donors (Lipinski definition) is 3. The normalized spacial score (nSPS) is 20.7. The van der Waals surface area contributed by atoms with Gasteiger partial charge >= 0.3 is 6.03 Å². The lowest BCUT2D eigenvalue weighted by Crippen LogP contribution is -2.53. The zero-order valence-electron chi connectivity index (χ0n) is 15.3. The van der Waals surface area contributed by atoms with Gasteiger partial charge in [0.1, 0.15) is 0 Å². The molecule has 0 spiro atoms. The third kappa shape index (κ3) is 5.19. The Morgan fingerprint density at radius 1 is 1.16 bits per heavy atom. The van der Waals surface area contributed by atoms with Crippen molar-refractivity contribution in [2.24, 2.45) is 5.92 Å². The summed E-state index contributed by atoms with van der Waals surface area (Å²) in [6.07, 6.45) is 6.14. The second-order valence-electron chi connectivity index (χ2n) is 7.81. The Morgan fingerprint density at radius 2 is 1.80 bits per heavy atom. The van der Waals surface area contributed by atoms with E-state index in [0.717, 1.165) is 24.9 Å². The molecule has 1 aromatic carbocycles. The van der Waals surface area contributed by atoms with Crippen LogP contribution in [-0.2, 0) is 13.1 Å². The molecule has 138 valence electrons. The first-order valence-electron chi connectivity index (χ1n) is 9.56. The molecule has 1 saturated heterocycles. The lowest BCUT2D eigenvalue weighted by Gasteiger charge is -2.28. The maximum Gasteiger partial charge on any atom is 0.315 e. The Labute approximate surface area is 150 Å². The van der Waals surface area contributed by atoms with Crippen LogP contribution in [-0.4, -0.2) is 41.3 Å². The lowest BCUT2D eigenvalue weighted by atomic mass is 9.97. The summed E-state index contributed by atoms with van der Waals surface area (Å²) in [6, 6.07) is 8.29. The molecule has 5 heteroatoms. The van der Waals surface area contributed by atoms with Crippen LogP contribution in [0.1, 0.15) is 50.2 Å². The van der Waals surface area contributed by atoms with E-state index in [1.165, 1.54) is 37.9 Å². The molecule has 5 nitrogen and oxygen atoms in total. The molecule has 1 aliphatic heterocycles. The topological polar surface area (TPSA) is 64.6 Å². The van der Waals surface area contributed by atoms with Crippen molar-refractivity contribution < 1.29 is 9.90 Å². The summed E-state index contributed by atoms with van der Waals surface area (Å²) in [5.74, 6) is 0.400. The number of aliphatic hydroxyl groups is 1. The number of urea groups is 1. The van der Waals surface area contributed by atoms with Crippen molar-refractivity contribution in [3.8, 4) is 0 Å². The largest absolute Gasteiger partial charge is 0.394 e. The Bertz CT molecular complexity index is 565. The molecule has 1 aromatic rings. The second kappa shape index (κ2) is 8.19. The van der Waals surface area contributed by atoms with Gasteiger partial charge in [-0.2, -0.15) is 0 Å². The van der Waals surface area contributed by atoms with Crippen LogP contribution in [0, 0.1) is 5.92 Å². The fourth-order valence-corrected chi connectivity index (χ4v) is 3.62. The average Bonchev–Trinajstić information content (AvgIpc) is 3.48. The van der Waals surface area contributed by atoms with E-state index in [9.17, 15) is 9.90 Å². The SMILES string of the molecule is CC(CO)(NC(=O)NCc1ccc(CN2CCCCC2)cc1)C1CC1. The third-order valence-electron chi connectivity index (χ3n) is 5.54. The first kappa shape index (κ1) is 18.2. The number of nitrogens with zero attached hydrogens (tertiary/aromatic N) is 1. The molecule has 1 unspecified atom stereocenters. The van der Waals surface area contributed by atoms with E-state index in [2.05, 4.69) is 39.8 Å². The average molecular weight is 345 g/mol. The number of nitrogens with one attached hydrogen (secondary N) is 2. The highest BCUT2D eigenvalue weighted by Gasteiger charge is 2.42. The van der Waals surface area contributed by atoms with Crippen molar-refractivity contribution in [2.45, 2.75) is 57.7 Å². The number of rotatable bonds is 7. The van der Waals surface area contributed by atoms with Gasteiger partial charge in [0.05, 0.1) is 12.1 Å². The van der Waals surface area contributed by atoms with Crippen molar-refractivity contribution in [1.82, 2.24) is 15.5 Å². The van der Waals surface area contributed by atoms with Gasteiger partial charge in [-0.15, -0.1) is 0 Å². The quantitative estimate of drug-likeness (QED) is 0.712. The van der Waals surface area contributed by atoms with Gasteiger partial charge in [0.2, 0.25) is 0 Å². The van der Waals surface area contributed by atoms with Crippen LogP contribution in [0.2, 0.25) is 0 Å². The minimum Gasteiger partial charge on any atom is -0.394 e. The number of aliphatic hydroxyl groups excluding tert-OH is 1. The number of piperidine rings is 1. The second-order valence-corrected chi connectivity index (χ2v) is 7.81. The summed E-state index contributed by atoms with van der Waals surface area (Å²) < 4.78 is 0. The molecule has 1 saturated carbocycles. The number of amides is 2. The fraction of sp³-hybridized carbons (Fsp3) is 0.650. The highest BCUT2D eigenvalue weighted by atomic mass is 16.3. The molecule has 1 aliphatic carbocycles. The molecule has 1 atom stereocenters. The van der Waals surface area contributed by atoms with Crippen LogP contribution in [0.5, 0.6) is 0 Å². The number of hydrogen-bond acceptors (Lipinski definition) is 3. The summed E-state index contributed by atoms with van der Waals surface area (Å²) in [6.45, 7) is 5.82. The van der Waals surface area contributed by atoms with Crippen LogP contribution in [0.3, 0.4) is 0 Å². The maximum absolute atomic E-state index is 12.1. The number of benzene rings is 1. The third-order valence-corrected chi connectivity index (χ3v) is 5.54. The van der Waals surface area contributed by atoms with E-state index in [1.807, 2.05) is 6.92 Å². The Balaban J connectivity index is 1.44. The Morgan fingerprint density at radius 3 is 2.40 bits per heavy atom. The molecular formula is C20H31N3O2. The fourth-order valence-electron chi connectivity index (χ4n) is 3.62. The van der Waals surface area contributed by atoms with Gasteiger partial charge in [0, 0.05) is 13.1 Å². The standard InChI is InChI=1S/C20H31N3O2/c1-20(15-24,18-9-10-18)22-19(25)21-13-16-5-7-17(8-6-16)14-23-11-3-2-4-12-23/h5-8,18,24H,2-4,9-15H2,1H3,(H2,21,22,25). The maximum atomic E-state index is 12.1. The van der Waals surface area contributed by atoms with Crippen molar-refractivity contribution in [3.63, 3.8) is 0 Å². The van der Waals surface area contributed by atoms with Gasteiger partial charge in [0.25, 0.3) is 0 Å². The summed E-state index contributed by atoms with van der Waals surface area (Å²) in [5, 5.41) is 15.4. The Hall–Kier alpha value is -1.59. The first-order valence-corrected chi connectivity index (χ1v) is 9.56. The van der Waals surface area contributed by atoms with E-state index < -0.39 is 5.54 Å². The minimum atomic E-state index is -0.498. The van der Waals surface area contributed by atoms with Crippen molar-refractivity contribution in [1.29, 1.82) is 0 Å². The molecule has 0 aromatic heterocycles. The number of carbonyl (C=O) groups excluding carboxylic acids is 1. The highest BCUT2D eigenvalue weighted by molar-refractivity contribution is 5.74. The van der Waals surface area contributed by atoms with Crippen LogP contribution < -0.4 is 10.6 Å². The van der Waals surface area contributed by atoms with Crippen LogP contribution in [0.25, 0.3) is 0 Å². The van der Waals surface area contributed by atoms with E-state index in [-0.39, 0.29) is 12.6 Å². The number of carbonyl (C=O) groups is 1. The highest BCUT2D eigenvalue weighted by Crippen LogP contribution is 2.39. The van der Waals surface area contributed by atoms with Gasteiger partial charge in [-0.05, 0) is 62.7 Å². The Kier molecular flexibility index (Phi) is 5.97. The molecule has 25 heavy (non-hydrogen) atoms. The van der Waals surface area contributed by atoms with Gasteiger partial charge in [0.15, 0.2) is 0 Å². The smallest absolute Gasteiger partial charge is 0.315 e. The summed E-state index contributed by atoms with van der Waals surface area (Å²) in [5.41, 5.74) is 1.92. The van der Waals surface area contributed by atoms with Crippen molar-refractivity contribution >= 4 is 6.03 Å². The molecular weight excluding hydrogens is 314 g/mol. The van der Waals surface area contributed by atoms with Crippen molar-refractivity contribution in [2.75, 3.05) is 19.7 Å². The van der Waals surface area contributed by atoms with Crippen LogP contribution >= 0.6 is 0 Å². The van der Waals surface area contributed by atoms with E-state index in [0.29, 0.717) is 12.5 Å². The van der Waals surface area contributed by atoms with Crippen molar-refractivity contribution in [3.05, 3.63) is 35.4 Å². The van der Waals surface area contributed by atoms with E-state index >= 15 is 0 Å². The molecule has 0 bridgehead atoms. The molecule has 0 radical (unpaired) electrons. The zero-order valence-corrected chi connectivity index (χ0v) is 15.3. The van der Waals surface area contributed by atoms with Gasteiger partial charge in [-0.3, -0.25) is 4.90 Å². The van der Waals surface area contributed by atoms with Gasteiger partial charge in [-0.1, -0.05) is 30.7 Å². The van der Waals surface area contributed by atoms with Gasteiger partial charge in [-0.25, -0.2) is 4.79 Å². The lowest BCUT2D eigenvalue weighted by molar-refractivity contribution is 0.155. The molecule has 2 fully saturated rings. The molecule has 3 N–H and O–H groups in total. The predicted octanol–water partition coefficient (Wildman–Crippen LogP) is 2.63. The van der Waals surface area contributed by atoms with Gasteiger partial charge < -0.3 is 15.7 Å². The first-order chi connectivity index (χ1) is 12.1. The number of likely N-dealkylation sites (tertiary alicyclic amines) is 1.